The minimum Gasteiger partial charge on any atom is -0.453 e. The second kappa shape index (κ2) is 5.67. The first kappa shape index (κ1) is 13.2. The molecule has 1 aromatic carbocycles. The van der Waals surface area contributed by atoms with Gasteiger partial charge in [0, 0.05) is 5.39 Å². The topological polar surface area (TPSA) is 63.5 Å². The number of nitrogens with one attached hydrogen (secondary N) is 1. The first-order valence-corrected chi connectivity index (χ1v) is 7.31. The molecule has 0 amide bonds. The highest BCUT2D eigenvalue weighted by atomic mass is 16.3. The fourth-order valence-corrected chi connectivity index (χ4v) is 2.84. The summed E-state index contributed by atoms with van der Waals surface area (Å²) in [4.78, 5) is 4.73. The highest BCUT2D eigenvalue weighted by Gasteiger charge is 2.15. The molecule has 4 heteroatoms. The lowest BCUT2D eigenvalue weighted by atomic mass is 9.96. The van der Waals surface area contributed by atoms with E-state index in [-0.39, 0.29) is 0 Å². The van der Waals surface area contributed by atoms with Crippen LogP contribution in [0.5, 0.6) is 0 Å². The number of rotatable bonds is 2. The molecule has 0 unspecified atom stereocenters. The number of nitrogens with zero attached hydrogens (tertiary/aromatic N) is 1. The Balaban J connectivity index is 1.91. The summed E-state index contributed by atoms with van der Waals surface area (Å²) >= 11 is 0. The van der Waals surface area contributed by atoms with Gasteiger partial charge in [-0.25, -0.2) is 5.84 Å². The highest BCUT2D eigenvalue weighted by Crippen LogP contribution is 2.23. The van der Waals surface area contributed by atoms with E-state index in [1.54, 1.807) is 0 Å². The molecule has 0 saturated heterocycles. The van der Waals surface area contributed by atoms with Gasteiger partial charge in [0.1, 0.15) is 5.58 Å². The Hall–Kier alpha value is -1.81. The van der Waals surface area contributed by atoms with E-state index < -0.39 is 0 Å². The van der Waals surface area contributed by atoms with Crippen LogP contribution in [0.4, 0.5) is 0 Å². The van der Waals surface area contributed by atoms with Crippen molar-refractivity contribution in [2.45, 2.75) is 45.1 Å². The monoisotopic (exact) mass is 271 g/mol. The molecule has 3 N–H and O–H groups in total. The second-order valence-corrected chi connectivity index (χ2v) is 5.57. The van der Waals surface area contributed by atoms with Crippen LogP contribution in [0, 0.1) is 6.92 Å². The molecule has 0 bridgehead atoms. The summed E-state index contributed by atoms with van der Waals surface area (Å²) in [5.41, 5.74) is 4.79. The largest absolute Gasteiger partial charge is 0.453 e. The van der Waals surface area contributed by atoms with E-state index in [2.05, 4.69) is 18.4 Å². The number of nitrogens with two attached hydrogens (primary N) is 1. The average molecular weight is 271 g/mol. The molecule has 1 saturated carbocycles. The van der Waals surface area contributed by atoms with Crippen LogP contribution in [0.2, 0.25) is 0 Å². The number of hydrogen-bond donors (Lipinski definition) is 2. The average Bonchev–Trinajstić information content (AvgIpc) is 2.88. The van der Waals surface area contributed by atoms with E-state index in [0.29, 0.717) is 11.9 Å². The molecule has 1 aliphatic carbocycles. The summed E-state index contributed by atoms with van der Waals surface area (Å²) in [5, 5.41) is 1.09. The Labute approximate surface area is 119 Å². The Morgan fingerprint density at radius 2 is 2.05 bits per heavy atom. The van der Waals surface area contributed by atoms with Gasteiger partial charge in [-0.15, -0.1) is 0 Å². The molecule has 0 radical (unpaired) electrons. The van der Waals surface area contributed by atoms with Crippen LogP contribution >= 0.6 is 0 Å². The summed E-state index contributed by atoms with van der Waals surface area (Å²) in [7, 11) is 0. The van der Waals surface area contributed by atoms with Crippen molar-refractivity contribution in [1.82, 2.24) is 5.43 Å². The molecule has 1 aromatic heterocycles. The van der Waals surface area contributed by atoms with Crippen molar-refractivity contribution in [3.63, 3.8) is 0 Å². The van der Waals surface area contributed by atoms with E-state index in [4.69, 9.17) is 15.3 Å². The van der Waals surface area contributed by atoms with Gasteiger partial charge in [0.05, 0.1) is 6.04 Å². The fraction of sp³-hybridized carbons (Fsp3) is 0.438. The van der Waals surface area contributed by atoms with E-state index in [1.165, 1.54) is 24.8 Å². The molecule has 0 spiro atoms. The van der Waals surface area contributed by atoms with Crippen LogP contribution in [0.25, 0.3) is 11.0 Å². The van der Waals surface area contributed by atoms with Crippen molar-refractivity contribution in [1.29, 1.82) is 0 Å². The molecule has 1 heterocycles. The van der Waals surface area contributed by atoms with Gasteiger partial charge in [-0.3, -0.25) is 4.99 Å². The van der Waals surface area contributed by atoms with Gasteiger partial charge in [-0.2, -0.15) is 0 Å². The van der Waals surface area contributed by atoms with E-state index in [9.17, 15) is 0 Å². The fourth-order valence-electron chi connectivity index (χ4n) is 2.84. The minimum atomic E-state index is 0.366. The van der Waals surface area contributed by atoms with Crippen molar-refractivity contribution in [3.05, 3.63) is 35.6 Å². The number of furan rings is 1. The predicted octanol–water partition coefficient (Wildman–Crippen LogP) is 3.28. The summed E-state index contributed by atoms with van der Waals surface area (Å²) in [6.07, 6.45) is 6.12. The molecule has 20 heavy (non-hydrogen) atoms. The second-order valence-electron chi connectivity index (χ2n) is 5.57. The minimum absolute atomic E-state index is 0.366. The number of aryl methyl sites for hydroxylation is 1. The van der Waals surface area contributed by atoms with Gasteiger partial charge in [0.2, 0.25) is 0 Å². The first-order chi connectivity index (χ1) is 9.76. The van der Waals surface area contributed by atoms with Crippen molar-refractivity contribution in [2.24, 2.45) is 10.8 Å². The third kappa shape index (κ3) is 2.70. The van der Waals surface area contributed by atoms with Crippen LogP contribution in [-0.2, 0) is 0 Å². The number of benzene rings is 1. The summed E-state index contributed by atoms with van der Waals surface area (Å²) < 4.78 is 5.84. The van der Waals surface area contributed by atoms with Gasteiger partial charge >= 0.3 is 0 Å². The molecule has 106 valence electrons. The number of hydrazine groups is 1. The summed E-state index contributed by atoms with van der Waals surface area (Å²) in [5.74, 6) is 7.01. The van der Waals surface area contributed by atoms with Crippen LogP contribution < -0.4 is 11.3 Å². The third-order valence-electron chi connectivity index (χ3n) is 3.93. The van der Waals surface area contributed by atoms with Gasteiger partial charge < -0.3 is 9.84 Å². The molecule has 0 aliphatic heterocycles. The SMILES string of the molecule is Cc1ccc2oc(C(=NC3CCCCC3)NN)cc2c1. The molecule has 1 fully saturated rings. The number of aliphatic imine (C=N–C) groups is 1. The maximum atomic E-state index is 5.84. The van der Waals surface area contributed by atoms with E-state index >= 15 is 0 Å². The predicted molar refractivity (Wildman–Crippen MR) is 81.7 cm³/mol. The maximum Gasteiger partial charge on any atom is 0.179 e. The highest BCUT2D eigenvalue weighted by molar-refractivity contribution is 5.99. The Morgan fingerprint density at radius 1 is 1.25 bits per heavy atom. The summed E-state index contributed by atoms with van der Waals surface area (Å²) in [6, 6.07) is 8.51. The van der Waals surface area contributed by atoms with Crippen molar-refractivity contribution in [3.8, 4) is 0 Å². The lowest BCUT2D eigenvalue weighted by Gasteiger charge is -2.18. The van der Waals surface area contributed by atoms with Gasteiger partial charge in [-0.05, 0) is 38.0 Å². The van der Waals surface area contributed by atoms with Crippen molar-refractivity contribution >= 4 is 16.8 Å². The normalized spacial score (nSPS) is 17.6. The zero-order chi connectivity index (χ0) is 13.9. The van der Waals surface area contributed by atoms with Gasteiger partial charge in [0.15, 0.2) is 11.6 Å². The molecule has 1 aliphatic rings. The number of hydrogen-bond acceptors (Lipinski definition) is 3. The van der Waals surface area contributed by atoms with Crippen LogP contribution in [0.1, 0.15) is 43.4 Å². The quantitative estimate of drug-likeness (QED) is 0.381. The smallest absolute Gasteiger partial charge is 0.179 e. The molecule has 3 rings (SSSR count). The van der Waals surface area contributed by atoms with Crippen LogP contribution in [-0.4, -0.2) is 11.9 Å². The molecular formula is C16H21N3O. The standard InChI is InChI=1S/C16H21N3O/c1-11-7-8-14-12(9-11)10-15(20-14)16(19-17)18-13-5-3-2-4-6-13/h7-10,13H,2-6,17H2,1H3,(H,18,19). The lowest BCUT2D eigenvalue weighted by Crippen LogP contribution is -2.32. The third-order valence-corrected chi connectivity index (χ3v) is 3.93. The van der Waals surface area contributed by atoms with Crippen molar-refractivity contribution in [2.75, 3.05) is 0 Å². The number of fused-ring (bicyclic) bond motifs is 1. The zero-order valence-corrected chi connectivity index (χ0v) is 11.9. The van der Waals surface area contributed by atoms with Crippen LogP contribution in [0.15, 0.2) is 33.7 Å². The Kier molecular flexibility index (Phi) is 3.74. The molecule has 4 nitrogen and oxygen atoms in total. The lowest BCUT2D eigenvalue weighted by molar-refractivity contribution is 0.441. The van der Waals surface area contributed by atoms with E-state index in [1.807, 2.05) is 18.2 Å². The van der Waals surface area contributed by atoms with Crippen molar-refractivity contribution < 1.29 is 4.42 Å². The molecule has 2 aromatic rings. The number of amidine groups is 1. The summed E-state index contributed by atoms with van der Waals surface area (Å²) in [6.45, 7) is 2.07. The van der Waals surface area contributed by atoms with Gasteiger partial charge in [0.25, 0.3) is 0 Å². The molecule has 0 atom stereocenters. The Bertz CT molecular complexity index is 624. The first-order valence-electron chi connectivity index (χ1n) is 7.31. The van der Waals surface area contributed by atoms with Crippen LogP contribution in [0.3, 0.4) is 0 Å². The van der Waals surface area contributed by atoms with Gasteiger partial charge in [-0.1, -0.05) is 30.9 Å². The Morgan fingerprint density at radius 3 is 2.80 bits per heavy atom. The van der Waals surface area contributed by atoms with E-state index in [0.717, 1.165) is 29.6 Å². The zero-order valence-electron chi connectivity index (χ0n) is 11.9. The molecular weight excluding hydrogens is 250 g/mol. The maximum absolute atomic E-state index is 5.84.